The number of hydrogen-bond acceptors (Lipinski definition) is 7. The largest absolute Gasteiger partial charge is 0.341 e. The van der Waals surface area contributed by atoms with Crippen molar-refractivity contribution in [1.29, 1.82) is 0 Å². The van der Waals surface area contributed by atoms with Gasteiger partial charge in [0.05, 0.1) is 0 Å². The van der Waals surface area contributed by atoms with Crippen LogP contribution in [0.25, 0.3) is 10.1 Å². The van der Waals surface area contributed by atoms with Crippen molar-refractivity contribution in [1.82, 2.24) is 30.3 Å². The molecule has 10 nitrogen and oxygen atoms in total. The number of aromatic nitrogens is 1. The third kappa shape index (κ3) is 6.20. The van der Waals surface area contributed by atoms with E-state index < -0.39 is 11.6 Å². The lowest BCUT2D eigenvalue weighted by molar-refractivity contribution is -0.134. The Morgan fingerprint density at radius 3 is 2.44 bits per heavy atom. The van der Waals surface area contributed by atoms with Crippen LogP contribution < -0.4 is 10.6 Å². The molecule has 3 aromatic rings. The number of nitrogens with one attached hydrogen (secondary N) is 2. The lowest BCUT2D eigenvalue weighted by Gasteiger charge is -2.41. The molecule has 11 heteroatoms. The molecule has 1 spiro atoms. The summed E-state index contributed by atoms with van der Waals surface area (Å²) in [5.41, 5.74) is 1.02. The Morgan fingerprint density at radius 2 is 1.69 bits per heavy atom. The summed E-state index contributed by atoms with van der Waals surface area (Å²) in [7, 11) is 0. The summed E-state index contributed by atoms with van der Waals surface area (Å²) in [6.07, 6.45) is 10.5. The van der Waals surface area contributed by atoms with Crippen molar-refractivity contribution >= 4 is 45.1 Å². The van der Waals surface area contributed by atoms with Gasteiger partial charge < -0.3 is 25.3 Å². The third-order valence-corrected chi connectivity index (χ3v) is 11.1. The quantitative estimate of drug-likeness (QED) is 0.432. The standard InChI is InChI=1S/C34H41N7O3S/c42-31(40-18-10-26(11-19-40)39-16-4-1-5-17-39)28(22-25-23-45-29-7-3-2-6-27(25)29)36-33(44)41-20-12-34(13-21-41)32(43)37-30(38-34)24-8-14-35-15-9-24/h2-3,6-9,14-15,23,26,28H,1,4-5,10-13,16-22H2,(H,36,44)(H,37,38,43)/t28-/m1/s1. The van der Waals surface area contributed by atoms with Crippen molar-refractivity contribution in [3.63, 3.8) is 0 Å². The van der Waals surface area contributed by atoms with Gasteiger partial charge in [0.15, 0.2) is 0 Å². The van der Waals surface area contributed by atoms with E-state index in [9.17, 15) is 14.4 Å². The van der Waals surface area contributed by atoms with E-state index in [0.717, 1.165) is 55.5 Å². The molecule has 0 aliphatic carbocycles. The van der Waals surface area contributed by atoms with Crippen molar-refractivity contribution in [3.8, 4) is 0 Å². The Balaban J connectivity index is 1.03. The smallest absolute Gasteiger partial charge is 0.318 e. The van der Waals surface area contributed by atoms with E-state index in [1.807, 2.05) is 29.2 Å². The molecule has 1 atom stereocenters. The van der Waals surface area contributed by atoms with Crippen LogP contribution in [0, 0.1) is 0 Å². The number of fused-ring (bicyclic) bond motifs is 1. The lowest BCUT2D eigenvalue weighted by Crippen LogP contribution is -2.58. The third-order valence-electron chi connectivity index (χ3n) is 10.1. The van der Waals surface area contributed by atoms with Gasteiger partial charge in [-0.25, -0.2) is 4.79 Å². The van der Waals surface area contributed by atoms with Crippen molar-refractivity contribution in [2.45, 2.75) is 69.0 Å². The average molecular weight is 628 g/mol. The van der Waals surface area contributed by atoms with Crippen molar-refractivity contribution in [3.05, 3.63) is 65.3 Å². The molecule has 236 valence electrons. The van der Waals surface area contributed by atoms with E-state index in [4.69, 9.17) is 4.99 Å². The van der Waals surface area contributed by atoms with Gasteiger partial charge in [0.2, 0.25) is 5.91 Å². The molecule has 1 aromatic carbocycles. The molecule has 7 rings (SSSR count). The topological polar surface area (TPSA) is 110 Å². The van der Waals surface area contributed by atoms with E-state index in [1.54, 1.807) is 28.6 Å². The number of hydrogen-bond donors (Lipinski definition) is 2. The monoisotopic (exact) mass is 627 g/mol. The van der Waals surface area contributed by atoms with Gasteiger partial charge in [0, 0.05) is 61.3 Å². The zero-order valence-corrected chi connectivity index (χ0v) is 26.4. The van der Waals surface area contributed by atoms with E-state index >= 15 is 0 Å². The molecule has 0 unspecified atom stereocenters. The number of urea groups is 1. The Hall–Kier alpha value is -3.83. The Labute approximate surface area is 267 Å². The van der Waals surface area contributed by atoms with Gasteiger partial charge in [0.25, 0.3) is 5.91 Å². The number of carbonyl (C=O) groups is 3. The minimum absolute atomic E-state index is 0.00836. The number of amides is 4. The fraction of sp³-hybridized carbons (Fsp3) is 0.500. The van der Waals surface area contributed by atoms with Gasteiger partial charge in [-0.1, -0.05) is 24.6 Å². The van der Waals surface area contributed by atoms with Crippen LogP contribution in [-0.2, 0) is 16.0 Å². The molecule has 0 bridgehead atoms. The molecular formula is C34H41N7O3S. The van der Waals surface area contributed by atoms with Gasteiger partial charge in [-0.05, 0) is 86.1 Å². The summed E-state index contributed by atoms with van der Waals surface area (Å²) in [4.78, 5) is 56.0. The number of likely N-dealkylation sites (tertiary alicyclic amines) is 3. The van der Waals surface area contributed by atoms with Gasteiger partial charge >= 0.3 is 6.03 Å². The summed E-state index contributed by atoms with van der Waals surface area (Å²) < 4.78 is 1.18. The minimum Gasteiger partial charge on any atom is -0.341 e. The number of nitrogens with zero attached hydrogens (tertiary/aromatic N) is 5. The maximum Gasteiger partial charge on any atom is 0.318 e. The highest BCUT2D eigenvalue weighted by Crippen LogP contribution is 2.32. The normalized spacial score (nSPS) is 21.5. The molecule has 0 saturated carbocycles. The molecular weight excluding hydrogens is 586 g/mol. The zero-order valence-electron chi connectivity index (χ0n) is 25.6. The molecule has 4 aliphatic heterocycles. The van der Waals surface area contributed by atoms with E-state index in [2.05, 4.69) is 38.0 Å². The highest BCUT2D eigenvalue weighted by molar-refractivity contribution is 7.17. The van der Waals surface area contributed by atoms with Gasteiger partial charge in [-0.15, -0.1) is 11.3 Å². The van der Waals surface area contributed by atoms with Crippen LogP contribution in [0.5, 0.6) is 0 Å². The number of thiophene rings is 1. The molecule has 0 radical (unpaired) electrons. The average Bonchev–Trinajstić information content (AvgIpc) is 3.65. The van der Waals surface area contributed by atoms with Crippen LogP contribution in [0.4, 0.5) is 4.79 Å². The number of pyridine rings is 1. The van der Waals surface area contributed by atoms with Crippen LogP contribution in [0.1, 0.15) is 56.1 Å². The maximum absolute atomic E-state index is 14.1. The van der Waals surface area contributed by atoms with Gasteiger partial charge in [-0.2, -0.15) is 0 Å². The molecule has 4 aliphatic rings. The number of benzene rings is 1. The van der Waals surface area contributed by atoms with Crippen molar-refractivity contribution in [2.75, 3.05) is 39.3 Å². The first kappa shape index (κ1) is 29.9. The number of amidine groups is 1. The van der Waals surface area contributed by atoms with Gasteiger partial charge in [-0.3, -0.25) is 19.6 Å². The summed E-state index contributed by atoms with van der Waals surface area (Å²) in [6, 6.07) is 11.5. The van der Waals surface area contributed by atoms with Crippen molar-refractivity contribution < 1.29 is 14.4 Å². The van der Waals surface area contributed by atoms with Crippen molar-refractivity contribution in [2.24, 2.45) is 4.99 Å². The minimum atomic E-state index is -0.876. The van der Waals surface area contributed by atoms with Crippen LogP contribution >= 0.6 is 11.3 Å². The zero-order chi connectivity index (χ0) is 30.8. The number of aliphatic imine (C=N–C) groups is 1. The highest BCUT2D eigenvalue weighted by atomic mass is 32.1. The molecule has 3 fully saturated rings. The molecule has 3 saturated heterocycles. The predicted octanol–water partition coefficient (Wildman–Crippen LogP) is 3.81. The first-order chi connectivity index (χ1) is 22.0. The second-order valence-corrected chi connectivity index (χ2v) is 13.7. The SMILES string of the molecule is O=C(N[C@H](Cc1csc2ccccc12)C(=O)N1CCC(N2CCCCC2)CC1)N1CCC2(CC1)N=C(c1ccncc1)NC2=O. The van der Waals surface area contributed by atoms with Crippen LogP contribution in [0.2, 0.25) is 0 Å². The van der Waals surface area contributed by atoms with Gasteiger partial charge in [0.1, 0.15) is 17.4 Å². The van der Waals surface area contributed by atoms with Crippen LogP contribution in [0.3, 0.4) is 0 Å². The van der Waals surface area contributed by atoms with E-state index in [1.165, 1.54) is 24.0 Å². The Morgan fingerprint density at radius 1 is 0.956 bits per heavy atom. The number of piperidine rings is 3. The first-order valence-corrected chi connectivity index (χ1v) is 17.2. The Bertz CT molecular complexity index is 1570. The molecule has 45 heavy (non-hydrogen) atoms. The molecule has 2 aromatic heterocycles. The molecule has 4 amide bonds. The highest BCUT2D eigenvalue weighted by Gasteiger charge is 2.47. The van der Waals surface area contributed by atoms with E-state index in [-0.39, 0.29) is 17.8 Å². The Kier molecular flexibility index (Phi) is 8.55. The maximum atomic E-state index is 14.1. The summed E-state index contributed by atoms with van der Waals surface area (Å²) >= 11 is 1.67. The first-order valence-electron chi connectivity index (χ1n) is 16.3. The molecule has 2 N–H and O–H groups in total. The summed E-state index contributed by atoms with van der Waals surface area (Å²) in [5, 5.41) is 9.31. The molecule has 6 heterocycles. The number of carbonyl (C=O) groups excluding carboxylic acids is 3. The van der Waals surface area contributed by atoms with E-state index in [0.29, 0.717) is 44.2 Å². The summed E-state index contributed by atoms with van der Waals surface area (Å²) in [5.74, 6) is 0.420. The second-order valence-electron chi connectivity index (χ2n) is 12.8. The van der Waals surface area contributed by atoms with Crippen LogP contribution in [0.15, 0.2) is 59.2 Å². The number of rotatable bonds is 6. The fourth-order valence-corrected chi connectivity index (χ4v) is 8.36. The lowest BCUT2D eigenvalue weighted by atomic mass is 9.88. The van der Waals surface area contributed by atoms with Crippen LogP contribution in [-0.4, -0.2) is 100 Å². The fourth-order valence-electron chi connectivity index (χ4n) is 7.39. The second kappa shape index (κ2) is 12.9. The summed E-state index contributed by atoms with van der Waals surface area (Å²) in [6.45, 7) is 4.53. The predicted molar refractivity (Wildman–Crippen MR) is 175 cm³/mol.